The van der Waals surface area contributed by atoms with E-state index in [1.165, 1.54) is 0 Å². The molecule has 2 atom stereocenters. The van der Waals surface area contributed by atoms with E-state index in [0.717, 1.165) is 24.8 Å². The minimum absolute atomic E-state index is 0.127. The second-order valence-electron chi connectivity index (χ2n) is 7.34. The maximum Gasteiger partial charge on any atom is 0.323 e. The molecule has 142 valence electrons. The first kappa shape index (κ1) is 21.3. The first-order chi connectivity index (χ1) is 11.7. The van der Waals surface area contributed by atoms with E-state index in [1.54, 1.807) is 14.2 Å². The van der Waals surface area contributed by atoms with Gasteiger partial charge in [-0.05, 0) is 58.2 Å². The lowest BCUT2D eigenvalue weighted by atomic mass is 10.0. The summed E-state index contributed by atoms with van der Waals surface area (Å²) < 4.78 is 16.2. The number of hydrogen-bond acceptors (Lipinski definition) is 5. The molecule has 0 unspecified atom stereocenters. The van der Waals surface area contributed by atoms with Crippen LogP contribution in [0.2, 0.25) is 0 Å². The van der Waals surface area contributed by atoms with Crippen molar-refractivity contribution in [2.75, 3.05) is 14.2 Å². The molecular weight excluding hydrogens is 318 g/mol. The lowest BCUT2D eigenvalue weighted by Crippen LogP contribution is -2.45. The van der Waals surface area contributed by atoms with E-state index in [9.17, 15) is 4.79 Å². The van der Waals surface area contributed by atoms with Gasteiger partial charge in [0.05, 0.1) is 14.2 Å². The first-order valence-corrected chi connectivity index (χ1v) is 8.90. The van der Waals surface area contributed by atoms with E-state index in [0.29, 0.717) is 11.5 Å². The largest absolute Gasteiger partial charge is 0.493 e. The Morgan fingerprint density at radius 2 is 1.80 bits per heavy atom. The van der Waals surface area contributed by atoms with Crippen LogP contribution in [0.25, 0.3) is 0 Å². The molecule has 0 heterocycles. The van der Waals surface area contributed by atoms with Gasteiger partial charge in [-0.2, -0.15) is 0 Å². The third kappa shape index (κ3) is 7.34. The fraction of sp³-hybridized carbons (Fsp3) is 0.650. The molecule has 0 saturated carbocycles. The van der Waals surface area contributed by atoms with Gasteiger partial charge in [0.2, 0.25) is 0 Å². The monoisotopic (exact) mass is 351 g/mol. The van der Waals surface area contributed by atoms with Crippen LogP contribution in [0.5, 0.6) is 11.5 Å². The highest BCUT2D eigenvalue weighted by Gasteiger charge is 2.25. The Balaban J connectivity index is 2.74. The maximum atomic E-state index is 12.4. The summed E-state index contributed by atoms with van der Waals surface area (Å²) in [6.45, 7) is 9.81. The number of ether oxygens (including phenoxy) is 3. The summed E-state index contributed by atoms with van der Waals surface area (Å²) in [4.78, 5) is 12.4. The molecule has 0 bridgehead atoms. The van der Waals surface area contributed by atoms with E-state index >= 15 is 0 Å². The van der Waals surface area contributed by atoms with E-state index < -0.39 is 5.60 Å². The zero-order chi connectivity index (χ0) is 19.0. The molecule has 0 aromatic heterocycles. The van der Waals surface area contributed by atoms with Crippen molar-refractivity contribution in [3.05, 3.63) is 23.8 Å². The summed E-state index contributed by atoms with van der Waals surface area (Å²) in [5, 5.41) is 3.41. The quantitative estimate of drug-likeness (QED) is 0.687. The number of esters is 1. The number of carbonyl (C=O) groups excluding carboxylic acids is 1. The normalized spacial score (nSPS) is 13.9. The number of rotatable bonds is 9. The van der Waals surface area contributed by atoms with Gasteiger partial charge in [-0.15, -0.1) is 0 Å². The molecule has 0 aliphatic heterocycles. The van der Waals surface area contributed by atoms with Crippen LogP contribution >= 0.6 is 0 Å². The summed E-state index contributed by atoms with van der Waals surface area (Å²) in [5.41, 5.74) is 0.647. The maximum absolute atomic E-state index is 12.4. The molecule has 1 aromatic rings. The molecular formula is C20H33NO4. The van der Waals surface area contributed by atoms with Gasteiger partial charge in [0, 0.05) is 6.04 Å². The van der Waals surface area contributed by atoms with Crippen LogP contribution in [-0.4, -0.2) is 37.9 Å². The molecule has 0 aliphatic rings. The fourth-order valence-electron chi connectivity index (χ4n) is 2.69. The number of hydrogen-bond donors (Lipinski definition) is 1. The van der Waals surface area contributed by atoms with Crippen molar-refractivity contribution < 1.29 is 19.0 Å². The SMILES string of the molecule is CCC[C@@H](N[C@@H](C)Cc1ccc(OC)c(OC)c1)C(=O)OC(C)(C)C. The highest BCUT2D eigenvalue weighted by Crippen LogP contribution is 2.28. The van der Waals surface area contributed by atoms with E-state index in [-0.39, 0.29) is 18.1 Å². The smallest absolute Gasteiger partial charge is 0.323 e. The van der Waals surface area contributed by atoms with Crippen molar-refractivity contribution in [1.82, 2.24) is 5.32 Å². The van der Waals surface area contributed by atoms with Crippen molar-refractivity contribution in [2.24, 2.45) is 0 Å². The predicted molar refractivity (Wildman–Crippen MR) is 100 cm³/mol. The van der Waals surface area contributed by atoms with Gasteiger partial charge < -0.3 is 19.5 Å². The minimum atomic E-state index is -0.475. The molecule has 0 spiro atoms. The van der Waals surface area contributed by atoms with Crippen molar-refractivity contribution in [2.45, 2.75) is 71.6 Å². The highest BCUT2D eigenvalue weighted by molar-refractivity contribution is 5.76. The van der Waals surface area contributed by atoms with Crippen molar-refractivity contribution in [3.8, 4) is 11.5 Å². The lowest BCUT2D eigenvalue weighted by Gasteiger charge is -2.26. The Kier molecular flexibility index (Phi) is 8.23. The molecule has 5 nitrogen and oxygen atoms in total. The highest BCUT2D eigenvalue weighted by atomic mass is 16.6. The molecule has 1 aromatic carbocycles. The van der Waals surface area contributed by atoms with Gasteiger partial charge in [0.25, 0.3) is 0 Å². The molecule has 0 amide bonds. The molecule has 5 heteroatoms. The number of methoxy groups -OCH3 is 2. The predicted octanol–water partition coefficient (Wildman–Crippen LogP) is 3.73. The van der Waals surface area contributed by atoms with Crippen LogP contribution in [0.1, 0.15) is 53.0 Å². The van der Waals surface area contributed by atoms with Crippen LogP contribution < -0.4 is 14.8 Å². The lowest BCUT2D eigenvalue weighted by molar-refractivity contribution is -0.157. The summed E-state index contributed by atoms with van der Waals surface area (Å²) in [6.07, 6.45) is 2.45. The Morgan fingerprint density at radius 1 is 1.16 bits per heavy atom. The van der Waals surface area contributed by atoms with Gasteiger partial charge in [0.15, 0.2) is 11.5 Å². The van der Waals surface area contributed by atoms with Crippen molar-refractivity contribution in [3.63, 3.8) is 0 Å². The summed E-state index contributed by atoms with van der Waals surface area (Å²) in [7, 11) is 3.25. The Labute approximate surface area is 152 Å². The molecule has 0 fully saturated rings. The zero-order valence-electron chi connectivity index (χ0n) is 16.6. The Hall–Kier alpha value is -1.75. The topological polar surface area (TPSA) is 56.8 Å². The van der Waals surface area contributed by atoms with Crippen molar-refractivity contribution >= 4 is 5.97 Å². The van der Waals surface area contributed by atoms with E-state index in [2.05, 4.69) is 19.2 Å². The Morgan fingerprint density at radius 3 is 2.32 bits per heavy atom. The van der Waals surface area contributed by atoms with Crippen LogP contribution in [0.4, 0.5) is 0 Å². The second kappa shape index (κ2) is 9.66. The third-order valence-corrected chi connectivity index (χ3v) is 3.74. The van der Waals surface area contributed by atoms with Gasteiger partial charge in [0.1, 0.15) is 11.6 Å². The molecule has 0 radical (unpaired) electrons. The first-order valence-electron chi connectivity index (χ1n) is 8.90. The summed E-state index contributed by atoms with van der Waals surface area (Å²) in [5.74, 6) is 1.24. The zero-order valence-corrected chi connectivity index (χ0v) is 16.6. The Bertz CT molecular complexity index is 551. The van der Waals surface area contributed by atoms with Crippen LogP contribution in [0, 0.1) is 0 Å². The van der Waals surface area contributed by atoms with E-state index in [1.807, 2.05) is 39.0 Å². The fourth-order valence-corrected chi connectivity index (χ4v) is 2.69. The summed E-state index contributed by atoms with van der Waals surface area (Å²) >= 11 is 0. The van der Waals surface area contributed by atoms with Crippen LogP contribution in [-0.2, 0) is 16.0 Å². The average molecular weight is 351 g/mol. The average Bonchev–Trinajstić information content (AvgIpc) is 2.52. The second-order valence-corrected chi connectivity index (χ2v) is 7.34. The van der Waals surface area contributed by atoms with Crippen LogP contribution in [0.3, 0.4) is 0 Å². The van der Waals surface area contributed by atoms with Gasteiger partial charge in [-0.25, -0.2) is 0 Å². The number of carbonyl (C=O) groups is 1. The molecule has 0 aliphatic carbocycles. The van der Waals surface area contributed by atoms with Gasteiger partial charge in [-0.3, -0.25) is 4.79 Å². The minimum Gasteiger partial charge on any atom is -0.493 e. The summed E-state index contributed by atoms with van der Waals surface area (Å²) in [6, 6.07) is 5.72. The number of benzene rings is 1. The van der Waals surface area contributed by atoms with Crippen molar-refractivity contribution in [1.29, 1.82) is 0 Å². The van der Waals surface area contributed by atoms with Gasteiger partial charge >= 0.3 is 5.97 Å². The van der Waals surface area contributed by atoms with E-state index in [4.69, 9.17) is 14.2 Å². The van der Waals surface area contributed by atoms with Gasteiger partial charge in [-0.1, -0.05) is 19.4 Å². The third-order valence-electron chi connectivity index (χ3n) is 3.74. The number of nitrogens with one attached hydrogen (secondary N) is 1. The molecule has 0 saturated heterocycles. The standard InChI is InChI=1S/C20H33NO4/c1-8-9-16(19(22)25-20(3,4)5)21-14(2)12-15-10-11-17(23-6)18(13-15)24-7/h10-11,13-14,16,21H,8-9,12H2,1-7H3/t14-,16+/m0/s1. The molecule has 1 N–H and O–H groups in total. The molecule has 25 heavy (non-hydrogen) atoms. The molecule has 1 rings (SSSR count). The van der Waals surface area contributed by atoms with Crippen LogP contribution in [0.15, 0.2) is 18.2 Å².